The van der Waals surface area contributed by atoms with Crippen LogP contribution in [0.25, 0.3) is 0 Å². The molecule has 0 saturated heterocycles. The summed E-state index contributed by atoms with van der Waals surface area (Å²) in [5.41, 5.74) is 2.60. The van der Waals surface area contributed by atoms with E-state index in [4.69, 9.17) is 4.43 Å². The second-order valence-corrected chi connectivity index (χ2v) is 10.1. The Morgan fingerprint density at radius 1 is 0.818 bits per heavy atom. The van der Waals surface area contributed by atoms with Gasteiger partial charge in [-0.1, -0.05) is 73.5 Å². The second kappa shape index (κ2) is 7.25. The van der Waals surface area contributed by atoms with Crippen LogP contribution in [-0.4, -0.2) is 14.9 Å². The van der Waals surface area contributed by atoms with Gasteiger partial charge in [-0.05, 0) is 43.1 Å². The van der Waals surface area contributed by atoms with E-state index < -0.39 is 8.32 Å². The van der Waals surface area contributed by atoms with Gasteiger partial charge in [-0.3, -0.25) is 0 Å². The van der Waals surface area contributed by atoms with Crippen LogP contribution < -0.4 is 10.4 Å². The van der Waals surface area contributed by atoms with Crippen molar-refractivity contribution in [3.8, 4) is 0 Å². The Morgan fingerprint density at radius 2 is 1.23 bits per heavy atom. The van der Waals surface area contributed by atoms with Crippen molar-refractivity contribution in [1.82, 2.24) is 0 Å². The van der Waals surface area contributed by atoms with Crippen molar-refractivity contribution in [2.45, 2.75) is 40.7 Å². The Kier molecular flexibility index (Phi) is 5.60. The Balaban J connectivity index is 2.59. The lowest BCUT2D eigenvalue weighted by atomic mass is 10.2. The van der Waals surface area contributed by atoms with Crippen LogP contribution in [0, 0.1) is 19.8 Å². The van der Waals surface area contributed by atoms with Gasteiger partial charge in [0.1, 0.15) is 0 Å². The van der Waals surface area contributed by atoms with Crippen LogP contribution in [0.5, 0.6) is 0 Å². The molecule has 2 heteroatoms. The summed E-state index contributed by atoms with van der Waals surface area (Å²) in [7, 11) is -2.16. The molecule has 0 aliphatic rings. The standard InChI is InChI=1S/C20H28OSi/c1-6-21-22(15-16(2)3,19-11-7-17(4)8-12-19)20-13-9-18(5)10-14-20/h7-14,16H,6,15H2,1-5H3. The smallest absolute Gasteiger partial charge is 0.255 e. The molecule has 0 N–H and O–H groups in total. The van der Waals surface area contributed by atoms with E-state index in [1.54, 1.807) is 0 Å². The van der Waals surface area contributed by atoms with Gasteiger partial charge in [0.25, 0.3) is 8.32 Å². The predicted octanol–water partition coefficient (Wildman–Crippen LogP) is 4.06. The minimum atomic E-state index is -2.16. The molecule has 0 aliphatic heterocycles. The molecule has 0 fully saturated rings. The highest BCUT2D eigenvalue weighted by molar-refractivity contribution is 6.97. The van der Waals surface area contributed by atoms with Gasteiger partial charge in [-0.2, -0.15) is 0 Å². The summed E-state index contributed by atoms with van der Waals surface area (Å²) in [6.07, 6.45) is 0. The average molecular weight is 313 g/mol. The zero-order valence-electron chi connectivity index (χ0n) is 14.5. The first-order valence-corrected chi connectivity index (χ1v) is 10.4. The number of hydrogen-bond acceptors (Lipinski definition) is 1. The Hall–Kier alpha value is -1.38. The fourth-order valence-electron chi connectivity index (χ4n) is 3.09. The molecular weight excluding hydrogens is 284 g/mol. The molecule has 0 saturated carbocycles. The number of hydrogen-bond donors (Lipinski definition) is 0. The number of rotatable bonds is 6. The molecule has 0 spiro atoms. The largest absolute Gasteiger partial charge is 0.408 e. The van der Waals surface area contributed by atoms with Gasteiger partial charge in [0.05, 0.1) is 0 Å². The third-order valence-electron chi connectivity index (χ3n) is 4.12. The molecule has 118 valence electrons. The molecule has 0 heterocycles. The van der Waals surface area contributed by atoms with Crippen molar-refractivity contribution in [3.63, 3.8) is 0 Å². The monoisotopic (exact) mass is 312 g/mol. The van der Waals surface area contributed by atoms with Crippen molar-refractivity contribution in [2.75, 3.05) is 6.61 Å². The van der Waals surface area contributed by atoms with Crippen molar-refractivity contribution in [1.29, 1.82) is 0 Å². The molecule has 0 bridgehead atoms. The average Bonchev–Trinajstić information content (AvgIpc) is 2.47. The topological polar surface area (TPSA) is 9.23 Å². The molecular formula is C20H28OSi. The molecule has 0 aliphatic carbocycles. The van der Waals surface area contributed by atoms with Gasteiger partial charge in [-0.15, -0.1) is 0 Å². The number of aryl methyl sites for hydroxylation is 2. The summed E-state index contributed by atoms with van der Waals surface area (Å²) in [6.45, 7) is 11.8. The summed E-state index contributed by atoms with van der Waals surface area (Å²) in [6, 6.07) is 19.1. The van der Waals surface area contributed by atoms with Crippen molar-refractivity contribution in [2.24, 2.45) is 5.92 Å². The van der Waals surface area contributed by atoms with E-state index in [1.165, 1.54) is 21.5 Å². The van der Waals surface area contributed by atoms with Crippen LogP contribution in [0.4, 0.5) is 0 Å². The van der Waals surface area contributed by atoms with E-state index in [9.17, 15) is 0 Å². The third kappa shape index (κ3) is 3.68. The Morgan fingerprint density at radius 3 is 1.55 bits per heavy atom. The summed E-state index contributed by atoms with van der Waals surface area (Å²) in [4.78, 5) is 0. The highest BCUT2D eigenvalue weighted by atomic mass is 28.4. The summed E-state index contributed by atoms with van der Waals surface area (Å²) in [5.74, 6) is 0.612. The van der Waals surface area contributed by atoms with Gasteiger partial charge in [0.2, 0.25) is 0 Å². The van der Waals surface area contributed by atoms with Gasteiger partial charge < -0.3 is 4.43 Å². The molecule has 0 radical (unpaired) electrons. The van der Waals surface area contributed by atoms with E-state index in [0.29, 0.717) is 5.92 Å². The lowest BCUT2D eigenvalue weighted by Gasteiger charge is -2.34. The van der Waals surface area contributed by atoms with E-state index in [1.807, 2.05) is 0 Å². The van der Waals surface area contributed by atoms with E-state index in [-0.39, 0.29) is 0 Å². The maximum atomic E-state index is 6.53. The Labute approximate surface area is 136 Å². The minimum absolute atomic E-state index is 0.612. The predicted molar refractivity (Wildman–Crippen MR) is 98.7 cm³/mol. The molecule has 22 heavy (non-hydrogen) atoms. The molecule has 0 amide bonds. The van der Waals surface area contributed by atoms with Crippen LogP contribution in [0.2, 0.25) is 6.04 Å². The molecule has 2 aromatic carbocycles. The second-order valence-electron chi connectivity index (χ2n) is 6.59. The third-order valence-corrected chi connectivity index (χ3v) is 8.83. The van der Waals surface area contributed by atoms with Crippen LogP contribution in [0.1, 0.15) is 31.9 Å². The van der Waals surface area contributed by atoms with Gasteiger partial charge in [0.15, 0.2) is 0 Å². The van der Waals surface area contributed by atoms with Crippen LogP contribution >= 0.6 is 0 Å². The van der Waals surface area contributed by atoms with Crippen molar-refractivity contribution in [3.05, 3.63) is 59.7 Å². The molecule has 0 unspecified atom stereocenters. The maximum absolute atomic E-state index is 6.53. The lowest BCUT2D eigenvalue weighted by molar-refractivity contribution is 0.334. The highest BCUT2D eigenvalue weighted by Crippen LogP contribution is 2.20. The first-order valence-electron chi connectivity index (χ1n) is 8.26. The van der Waals surface area contributed by atoms with Crippen LogP contribution in [0.3, 0.4) is 0 Å². The summed E-state index contributed by atoms with van der Waals surface area (Å²) in [5, 5.41) is 2.77. The SMILES string of the molecule is CCO[Si](CC(C)C)(c1ccc(C)cc1)c1ccc(C)cc1. The van der Waals surface area contributed by atoms with Gasteiger partial charge in [0, 0.05) is 6.61 Å². The molecule has 1 nitrogen and oxygen atoms in total. The maximum Gasteiger partial charge on any atom is 0.255 e. The zero-order chi connectivity index (χ0) is 16.2. The van der Waals surface area contributed by atoms with Crippen molar-refractivity contribution >= 4 is 18.7 Å². The minimum Gasteiger partial charge on any atom is -0.408 e. The van der Waals surface area contributed by atoms with Gasteiger partial charge in [-0.25, -0.2) is 0 Å². The zero-order valence-corrected chi connectivity index (χ0v) is 15.5. The summed E-state index contributed by atoms with van der Waals surface area (Å²) >= 11 is 0. The first kappa shape index (κ1) is 17.0. The highest BCUT2D eigenvalue weighted by Gasteiger charge is 2.39. The van der Waals surface area contributed by atoms with Crippen LogP contribution in [0.15, 0.2) is 48.5 Å². The fraction of sp³-hybridized carbons (Fsp3) is 0.400. The molecule has 0 atom stereocenters. The molecule has 2 aromatic rings. The van der Waals surface area contributed by atoms with E-state index >= 15 is 0 Å². The van der Waals surface area contributed by atoms with Crippen molar-refractivity contribution < 1.29 is 4.43 Å². The van der Waals surface area contributed by atoms with E-state index in [0.717, 1.165) is 12.7 Å². The fourth-order valence-corrected chi connectivity index (χ4v) is 7.40. The molecule has 2 rings (SSSR count). The van der Waals surface area contributed by atoms with Gasteiger partial charge >= 0.3 is 0 Å². The van der Waals surface area contributed by atoms with Crippen LogP contribution in [-0.2, 0) is 4.43 Å². The summed E-state index contributed by atoms with van der Waals surface area (Å²) < 4.78 is 6.53. The van der Waals surface area contributed by atoms with E-state index in [2.05, 4.69) is 83.1 Å². The molecule has 0 aromatic heterocycles. The quantitative estimate of drug-likeness (QED) is 0.731. The number of benzene rings is 2. The lowest BCUT2D eigenvalue weighted by Crippen LogP contribution is -2.61. The Bertz CT molecular complexity index is 539. The normalized spacial score (nSPS) is 11.9. The first-order chi connectivity index (χ1) is 10.5.